The monoisotopic (exact) mass is 334 g/mol. The highest BCUT2D eigenvalue weighted by Gasteiger charge is 2.03. The highest BCUT2D eigenvalue weighted by atomic mass is 35.5. The van der Waals surface area contributed by atoms with Gasteiger partial charge in [-0.2, -0.15) is 5.10 Å². The Morgan fingerprint density at radius 2 is 1.82 bits per heavy atom. The van der Waals surface area contributed by atoms with E-state index in [-0.39, 0.29) is 17.4 Å². The maximum Gasteiger partial charge on any atom is 0.250 e. The van der Waals surface area contributed by atoms with Gasteiger partial charge in [0, 0.05) is 9.92 Å². The molecule has 0 heterocycles. The quantitative estimate of drug-likeness (QED) is 0.498. The van der Waals surface area contributed by atoms with E-state index in [0.717, 1.165) is 10.5 Å². The standard InChI is InChI=1S/C16H15ClN2O2S/c1-11(12-2-6-14(20)7-3-12)18-19-16(21)10-22-15-8-4-13(17)5-9-15/h2-9,20H,10H2,1H3,(H,19,21)/b18-11-. The Bertz CT molecular complexity index is 670. The number of hydrazone groups is 1. The van der Waals surface area contributed by atoms with Crippen LogP contribution in [0.1, 0.15) is 12.5 Å². The number of amides is 1. The van der Waals surface area contributed by atoms with Gasteiger partial charge >= 0.3 is 0 Å². The number of phenolic OH excluding ortho intramolecular Hbond substituents is 1. The fraction of sp³-hybridized carbons (Fsp3) is 0.125. The van der Waals surface area contributed by atoms with Crippen molar-refractivity contribution in [2.24, 2.45) is 5.10 Å². The lowest BCUT2D eigenvalue weighted by Gasteiger charge is -2.04. The molecule has 1 amide bonds. The number of benzene rings is 2. The highest BCUT2D eigenvalue weighted by molar-refractivity contribution is 8.00. The first-order valence-electron chi connectivity index (χ1n) is 6.55. The summed E-state index contributed by atoms with van der Waals surface area (Å²) in [5.41, 5.74) is 4.02. The maximum absolute atomic E-state index is 11.8. The van der Waals surface area contributed by atoms with Gasteiger partial charge in [0.1, 0.15) is 5.75 Å². The number of thioether (sulfide) groups is 1. The molecule has 2 aromatic carbocycles. The van der Waals surface area contributed by atoms with Crippen molar-refractivity contribution in [3.8, 4) is 5.75 Å². The summed E-state index contributed by atoms with van der Waals surface area (Å²) in [5.74, 6) is 0.284. The van der Waals surface area contributed by atoms with Gasteiger partial charge in [0.25, 0.3) is 0 Å². The predicted molar refractivity (Wildman–Crippen MR) is 90.6 cm³/mol. The van der Waals surface area contributed by atoms with E-state index in [4.69, 9.17) is 11.6 Å². The van der Waals surface area contributed by atoms with Crippen molar-refractivity contribution in [2.45, 2.75) is 11.8 Å². The van der Waals surface area contributed by atoms with Gasteiger partial charge in [0.05, 0.1) is 11.5 Å². The van der Waals surface area contributed by atoms with Crippen LogP contribution < -0.4 is 5.43 Å². The highest BCUT2D eigenvalue weighted by Crippen LogP contribution is 2.19. The third kappa shape index (κ3) is 5.09. The molecule has 0 saturated carbocycles. The molecule has 0 aliphatic carbocycles. The minimum Gasteiger partial charge on any atom is -0.508 e. The number of phenols is 1. The summed E-state index contributed by atoms with van der Waals surface area (Å²) in [6.07, 6.45) is 0. The van der Waals surface area contributed by atoms with Crippen molar-refractivity contribution in [1.29, 1.82) is 0 Å². The number of rotatable bonds is 5. The van der Waals surface area contributed by atoms with E-state index in [1.807, 2.05) is 12.1 Å². The summed E-state index contributed by atoms with van der Waals surface area (Å²) >= 11 is 7.22. The van der Waals surface area contributed by atoms with E-state index in [1.54, 1.807) is 43.3 Å². The molecule has 0 fully saturated rings. The Morgan fingerprint density at radius 3 is 2.45 bits per heavy atom. The maximum atomic E-state index is 11.8. The van der Waals surface area contributed by atoms with Gasteiger partial charge in [0.15, 0.2) is 0 Å². The minimum atomic E-state index is -0.182. The van der Waals surface area contributed by atoms with Crippen molar-refractivity contribution in [1.82, 2.24) is 5.43 Å². The Hall–Kier alpha value is -1.98. The number of halogens is 1. The molecule has 0 atom stereocenters. The summed E-state index contributed by atoms with van der Waals surface area (Å²) in [6, 6.07) is 13.9. The topological polar surface area (TPSA) is 61.7 Å². The molecular weight excluding hydrogens is 320 g/mol. The molecule has 114 valence electrons. The lowest BCUT2D eigenvalue weighted by atomic mass is 10.1. The van der Waals surface area contributed by atoms with Crippen LogP contribution in [0.5, 0.6) is 5.75 Å². The van der Waals surface area contributed by atoms with Crippen LogP contribution in [0.4, 0.5) is 0 Å². The van der Waals surface area contributed by atoms with Crippen LogP contribution in [0.2, 0.25) is 5.02 Å². The van der Waals surface area contributed by atoms with Crippen molar-refractivity contribution in [3.63, 3.8) is 0 Å². The van der Waals surface area contributed by atoms with E-state index in [2.05, 4.69) is 10.5 Å². The first kappa shape index (κ1) is 16.4. The van der Waals surface area contributed by atoms with E-state index in [0.29, 0.717) is 10.7 Å². The molecule has 0 radical (unpaired) electrons. The fourth-order valence-corrected chi connectivity index (χ4v) is 2.44. The van der Waals surface area contributed by atoms with Crippen molar-refractivity contribution in [3.05, 3.63) is 59.1 Å². The summed E-state index contributed by atoms with van der Waals surface area (Å²) in [5, 5.41) is 14.0. The first-order chi connectivity index (χ1) is 10.5. The number of hydrogen-bond donors (Lipinski definition) is 2. The molecule has 2 rings (SSSR count). The summed E-state index contributed by atoms with van der Waals surface area (Å²) in [6.45, 7) is 1.79. The molecule has 0 unspecified atom stereocenters. The minimum absolute atomic E-state index is 0.182. The van der Waals surface area contributed by atoms with Gasteiger partial charge in [-0.3, -0.25) is 4.79 Å². The molecule has 0 aliphatic heterocycles. The molecule has 0 spiro atoms. The van der Waals surface area contributed by atoms with Gasteiger partial charge in [-0.1, -0.05) is 11.6 Å². The number of aromatic hydroxyl groups is 1. The van der Waals surface area contributed by atoms with Gasteiger partial charge in [-0.05, 0) is 61.0 Å². The molecule has 0 saturated heterocycles. The normalized spacial score (nSPS) is 11.3. The first-order valence-corrected chi connectivity index (χ1v) is 7.92. The molecule has 0 bridgehead atoms. The van der Waals surface area contributed by atoms with Crippen molar-refractivity contribution >= 4 is 35.0 Å². The van der Waals surface area contributed by atoms with Crippen LogP contribution in [-0.4, -0.2) is 22.5 Å². The van der Waals surface area contributed by atoms with Crippen LogP contribution in [0, 0.1) is 0 Å². The number of carbonyl (C=O) groups is 1. The smallest absolute Gasteiger partial charge is 0.250 e. The SMILES string of the molecule is C/C(=N/NC(=O)CSc1ccc(Cl)cc1)c1ccc(O)cc1. The molecular formula is C16H15ClN2O2S. The summed E-state index contributed by atoms with van der Waals surface area (Å²) < 4.78 is 0. The molecule has 6 heteroatoms. The number of hydrogen-bond acceptors (Lipinski definition) is 4. The zero-order chi connectivity index (χ0) is 15.9. The zero-order valence-electron chi connectivity index (χ0n) is 11.9. The lowest BCUT2D eigenvalue weighted by Crippen LogP contribution is -2.21. The number of nitrogens with zero attached hydrogens (tertiary/aromatic N) is 1. The lowest BCUT2D eigenvalue weighted by molar-refractivity contribution is -0.118. The largest absolute Gasteiger partial charge is 0.508 e. The van der Waals surface area contributed by atoms with Crippen LogP contribution in [0.15, 0.2) is 58.5 Å². The molecule has 0 aromatic heterocycles. The van der Waals surface area contributed by atoms with Gasteiger partial charge in [0.2, 0.25) is 5.91 Å². The second-order valence-electron chi connectivity index (χ2n) is 4.52. The third-order valence-electron chi connectivity index (χ3n) is 2.82. The van der Waals surface area contributed by atoms with E-state index < -0.39 is 0 Å². The predicted octanol–water partition coefficient (Wildman–Crippen LogP) is 3.68. The van der Waals surface area contributed by atoms with Crippen molar-refractivity contribution < 1.29 is 9.90 Å². The molecule has 2 N–H and O–H groups in total. The Morgan fingerprint density at radius 1 is 1.18 bits per heavy atom. The molecule has 4 nitrogen and oxygen atoms in total. The zero-order valence-corrected chi connectivity index (χ0v) is 13.5. The average molecular weight is 335 g/mol. The Kier molecular flexibility index (Phi) is 5.86. The van der Waals surface area contributed by atoms with Gasteiger partial charge in [-0.25, -0.2) is 5.43 Å². The summed E-state index contributed by atoms with van der Waals surface area (Å²) in [7, 11) is 0. The fourth-order valence-electron chi connectivity index (χ4n) is 1.63. The van der Waals surface area contributed by atoms with Crippen LogP contribution >= 0.6 is 23.4 Å². The average Bonchev–Trinajstić information content (AvgIpc) is 2.52. The van der Waals surface area contributed by atoms with Gasteiger partial charge < -0.3 is 5.11 Å². The van der Waals surface area contributed by atoms with Crippen LogP contribution in [0.25, 0.3) is 0 Å². The second-order valence-corrected chi connectivity index (χ2v) is 6.01. The molecule has 2 aromatic rings. The van der Waals surface area contributed by atoms with E-state index in [9.17, 15) is 9.90 Å². The van der Waals surface area contributed by atoms with Crippen molar-refractivity contribution in [2.75, 3.05) is 5.75 Å². The van der Waals surface area contributed by atoms with Gasteiger partial charge in [-0.15, -0.1) is 11.8 Å². The Labute approximate surface area is 138 Å². The summed E-state index contributed by atoms with van der Waals surface area (Å²) in [4.78, 5) is 12.7. The second kappa shape index (κ2) is 7.87. The van der Waals surface area contributed by atoms with Crippen LogP contribution in [0.3, 0.4) is 0 Å². The Balaban J connectivity index is 1.85. The third-order valence-corrected chi connectivity index (χ3v) is 4.08. The van der Waals surface area contributed by atoms with E-state index >= 15 is 0 Å². The molecule has 0 aliphatic rings. The van der Waals surface area contributed by atoms with Crippen LogP contribution in [-0.2, 0) is 4.79 Å². The van der Waals surface area contributed by atoms with E-state index in [1.165, 1.54) is 11.8 Å². The molecule has 22 heavy (non-hydrogen) atoms. The number of nitrogens with one attached hydrogen (secondary N) is 1. The number of carbonyl (C=O) groups excluding carboxylic acids is 1.